The maximum absolute atomic E-state index is 11.8. The van der Waals surface area contributed by atoms with Crippen molar-refractivity contribution >= 4 is 16.9 Å². The van der Waals surface area contributed by atoms with Crippen LogP contribution >= 0.6 is 0 Å². The van der Waals surface area contributed by atoms with Crippen molar-refractivity contribution in [3.05, 3.63) is 34.5 Å². The van der Waals surface area contributed by atoms with E-state index in [4.69, 9.17) is 0 Å². The van der Waals surface area contributed by atoms with E-state index in [1.165, 1.54) is 11.3 Å². The van der Waals surface area contributed by atoms with Crippen molar-refractivity contribution in [2.45, 2.75) is 46.7 Å². The summed E-state index contributed by atoms with van der Waals surface area (Å²) in [6.07, 6.45) is 0.994. The van der Waals surface area contributed by atoms with Crippen molar-refractivity contribution in [1.82, 2.24) is 9.47 Å². The summed E-state index contributed by atoms with van der Waals surface area (Å²) in [5.74, 6) is -0.835. The minimum Gasteiger partial charge on any atom is -0.478 e. The van der Waals surface area contributed by atoms with Gasteiger partial charge in [0, 0.05) is 36.6 Å². The summed E-state index contributed by atoms with van der Waals surface area (Å²) in [5, 5.41) is 10.8. The van der Waals surface area contributed by atoms with Crippen LogP contribution in [0, 0.1) is 6.92 Å². The number of aromatic carboxylic acids is 1. The Bertz CT molecular complexity index is 743. The van der Waals surface area contributed by atoms with Gasteiger partial charge >= 0.3 is 5.97 Å². The highest BCUT2D eigenvalue weighted by molar-refractivity contribution is 6.04. The highest BCUT2D eigenvalue weighted by Gasteiger charge is 2.27. The summed E-state index contributed by atoms with van der Waals surface area (Å²) in [7, 11) is 0. The third kappa shape index (κ3) is 2.22. The first-order chi connectivity index (χ1) is 10.4. The zero-order valence-electron chi connectivity index (χ0n) is 13.8. The van der Waals surface area contributed by atoms with E-state index in [2.05, 4.69) is 36.3 Å². The van der Waals surface area contributed by atoms with Crippen LogP contribution in [0.25, 0.3) is 10.9 Å². The van der Waals surface area contributed by atoms with Gasteiger partial charge in [-0.2, -0.15) is 0 Å². The molecule has 1 aromatic heterocycles. The molecule has 1 aliphatic heterocycles. The first kappa shape index (κ1) is 15.1. The van der Waals surface area contributed by atoms with Gasteiger partial charge in [0.15, 0.2) is 0 Å². The second kappa shape index (κ2) is 5.43. The lowest BCUT2D eigenvalue weighted by Crippen LogP contribution is -2.31. The number of fused-ring (bicyclic) bond motifs is 3. The van der Waals surface area contributed by atoms with E-state index in [1.807, 2.05) is 6.92 Å². The average Bonchev–Trinajstić information content (AvgIpc) is 2.79. The lowest BCUT2D eigenvalue weighted by atomic mass is 10.0. The van der Waals surface area contributed by atoms with E-state index in [-0.39, 0.29) is 6.04 Å². The number of likely N-dealkylation sites (N-methyl/N-ethyl adjacent to an activating group) is 1. The van der Waals surface area contributed by atoms with Crippen molar-refractivity contribution in [2.24, 2.45) is 0 Å². The van der Waals surface area contributed by atoms with E-state index in [1.54, 1.807) is 6.07 Å². The van der Waals surface area contributed by atoms with Gasteiger partial charge in [-0.15, -0.1) is 0 Å². The highest BCUT2D eigenvalue weighted by Crippen LogP contribution is 2.36. The van der Waals surface area contributed by atoms with E-state index in [0.717, 1.165) is 42.5 Å². The van der Waals surface area contributed by atoms with Crippen LogP contribution in [0.2, 0.25) is 0 Å². The van der Waals surface area contributed by atoms with Gasteiger partial charge in [0.1, 0.15) is 0 Å². The molecule has 3 rings (SSSR count). The quantitative estimate of drug-likeness (QED) is 0.942. The topological polar surface area (TPSA) is 45.5 Å². The largest absolute Gasteiger partial charge is 0.478 e. The normalized spacial score (nSPS) is 15.5. The Balaban J connectivity index is 2.38. The Labute approximate surface area is 131 Å². The van der Waals surface area contributed by atoms with E-state index in [0.29, 0.717) is 5.56 Å². The third-order valence-corrected chi connectivity index (χ3v) is 4.70. The first-order valence-corrected chi connectivity index (χ1v) is 8.06. The number of nitrogens with zero attached hydrogens (tertiary/aromatic N) is 2. The maximum Gasteiger partial charge on any atom is 0.337 e. The molecule has 0 saturated carbocycles. The van der Waals surface area contributed by atoms with Crippen LogP contribution in [0.4, 0.5) is 0 Å². The number of aromatic nitrogens is 1. The van der Waals surface area contributed by atoms with Crippen LogP contribution in [0.3, 0.4) is 0 Å². The zero-order valence-corrected chi connectivity index (χ0v) is 13.8. The van der Waals surface area contributed by atoms with Crippen molar-refractivity contribution in [3.63, 3.8) is 0 Å². The van der Waals surface area contributed by atoms with Crippen LogP contribution in [0.15, 0.2) is 12.1 Å². The molecule has 1 aliphatic rings. The molecule has 1 N–H and O–H groups in total. The first-order valence-electron chi connectivity index (χ1n) is 8.06. The Hall–Kier alpha value is -1.81. The van der Waals surface area contributed by atoms with Crippen LogP contribution in [-0.4, -0.2) is 33.6 Å². The standard InChI is InChI=1S/C18H24N2O2/c1-5-19-7-6-16-15(10-19)13-8-12(4)9-14(18(21)22)17(13)20(16)11(2)3/h8-9,11H,5-7,10H2,1-4H3,(H,21,22). The summed E-state index contributed by atoms with van der Waals surface area (Å²) in [5.41, 5.74) is 4.99. The molecule has 2 heterocycles. The number of hydrogen-bond acceptors (Lipinski definition) is 2. The second-order valence-electron chi connectivity index (χ2n) is 6.52. The molecular weight excluding hydrogens is 276 g/mol. The molecule has 0 spiro atoms. The van der Waals surface area contributed by atoms with Gasteiger partial charge in [0.25, 0.3) is 0 Å². The SMILES string of the molecule is CCN1CCc2c(c3cc(C)cc(C(=O)O)c3n2C(C)C)C1. The van der Waals surface area contributed by atoms with Gasteiger partial charge in [-0.05, 0) is 50.6 Å². The van der Waals surface area contributed by atoms with Gasteiger partial charge in [0.2, 0.25) is 0 Å². The smallest absolute Gasteiger partial charge is 0.337 e. The van der Waals surface area contributed by atoms with Crippen LogP contribution in [0.5, 0.6) is 0 Å². The molecular formula is C18H24N2O2. The fraction of sp³-hybridized carbons (Fsp3) is 0.500. The van der Waals surface area contributed by atoms with Gasteiger partial charge in [0.05, 0.1) is 11.1 Å². The highest BCUT2D eigenvalue weighted by atomic mass is 16.4. The number of carbonyl (C=O) groups is 1. The van der Waals surface area contributed by atoms with Gasteiger partial charge in [-0.3, -0.25) is 4.90 Å². The molecule has 0 unspecified atom stereocenters. The molecule has 1 aromatic carbocycles. The molecule has 0 bridgehead atoms. The van der Waals surface area contributed by atoms with Crippen LogP contribution < -0.4 is 0 Å². The number of aryl methyl sites for hydroxylation is 1. The monoisotopic (exact) mass is 300 g/mol. The summed E-state index contributed by atoms with van der Waals surface area (Å²) in [6.45, 7) is 11.4. The Morgan fingerprint density at radius 2 is 2.09 bits per heavy atom. The molecule has 118 valence electrons. The lowest BCUT2D eigenvalue weighted by molar-refractivity contribution is 0.0698. The Kier molecular flexibility index (Phi) is 3.73. The maximum atomic E-state index is 11.8. The number of carboxylic acids is 1. The molecule has 22 heavy (non-hydrogen) atoms. The minimum absolute atomic E-state index is 0.264. The van der Waals surface area contributed by atoms with Crippen molar-refractivity contribution in [2.75, 3.05) is 13.1 Å². The second-order valence-corrected chi connectivity index (χ2v) is 6.52. The molecule has 0 atom stereocenters. The molecule has 4 nitrogen and oxygen atoms in total. The molecule has 0 aliphatic carbocycles. The number of hydrogen-bond donors (Lipinski definition) is 1. The van der Waals surface area contributed by atoms with Gasteiger partial charge in [-0.1, -0.05) is 6.92 Å². The summed E-state index contributed by atoms with van der Waals surface area (Å²) >= 11 is 0. The predicted octanol–water partition coefficient (Wildman–Crippen LogP) is 3.61. The molecule has 4 heteroatoms. The van der Waals surface area contributed by atoms with Crippen molar-refractivity contribution in [3.8, 4) is 0 Å². The van der Waals surface area contributed by atoms with Crippen molar-refractivity contribution in [1.29, 1.82) is 0 Å². The van der Waals surface area contributed by atoms with Gasteiger partial charge in [-0.25, -0.2) is 4.79 Å². The van der Waals surface area contributed by atoms with Crippen LogP contribution in [-0.2, 0) is 13.0 Å². The van der Waals surface area contributed by atoms with Gasteiger partial charge < -0.3 is 9.67 Å². The Morgan fingerprint density at radius 3 is 2.68 bits per heavy atom. The third-order valence-electron chi connectivity index (χ3n) is 4.70. The van der Waals surface area contributed by atoms with Crippen molar-refractivity contribution < 1.29 is 9.90 Å². The average molecular weight is 300 g/mol. The van der Waals surface area contributed by atoms with E-state index >= 15 is 0 Å². The van der Waals surface area contributed by atoms with E-state index < -0.39 is 5.97 Å². The minimum atomic E-state index is -0.835. The van der Waals surface area contributed by atoms with Crippen LogP contribution in [0.1, 0.15) is 54.0 Å². The zero-order chi connectivity index (χ0) is 16.0. The lowest BCUT2D eigenvalue weighted by Gasteiger charge is -2.27. The molecule has 0 fully saturated rings. The summed E-state index contributed by atoms with van der Waals surface area (Å²) < 4.78 is 2.25. The molecule has 2 aromatic rings. The summed E-state index contributed by atoms with van der Waals surface area (Å²) in [6, 6.07) is 4.21. The molecule has 0 saturated heterocycles. The predicted molar refractivity (Wildman–Crippen MR) is 88.7 cm³/mol. The number of benzene rings is 1. The number of rotatable bonds is 3. The van der Waals surface area contributed by atoms with E-state index in [9.17, 15) is 9.90 Å². The summed E-state index contributed by atoms with van der Waals surface area (Å²) in [4.78, 5) is 14.2. The number of carboxylic acid groups (broad SMARTS) is 1. The fourth-order valence-corrected chi connectivity index (χ4v) is 3.72. The fourth-order valence-electron chi connectivity index (χ4n) is 3.72. The Morgan fingerprint density at radius 1 is 1.36 bits per heavy atom. The molecule has 0 radical (unpaired) electrons. The molecule has 0 amide bonds.